The average Bonchev–Trinajstić information content (AvgIpc) is 1.61. The van der Waals surface area contributed by atoms with Crippen LogP contribution in [0.2, 0.25) is 0 Å². The van der Waals surface area contributed by atoms with Crippen molar-refractivity contribution >= 4 is 47.8 Å². The minimum absolute atomic E-state index is 0.0317. The lowest BCUT2D eigenvalue weighted by atomic mass is 9.75. The van der Waals surface area contributed by atoms with Crippen LogP contribution in [0, 0.1) is 58.2 Å². The summed E-state index contributed by atoms with van der Waals surface area (Å²) in [6.07, 6.45) is 1.45. The number of hydrogen-bond acceptors (Lipinski definition) is 30. The van der Waals surface area contributed by atoms with Gasteiger partial charge in [-0.15, -0.1) is 0 Å². The van der Waals surface area contributed by atoms with Gasteiger partial charge in [0.2, 0.25) is 0 Å². The minimum atomic E-state index is -1.70. The van der Waals surface area contributed by atoms with Gasteiger partial charge in [0.05, 0.1) is 118 Å². The average molecular weight is 1760 g/mol. The second kappa shape index (κ2) is 37.1. The first-order chi connectivity index (χ1) is 56.0. The summed E-state index contributed by atoms with van der Waals surface area (Å²) in [7, 11) is 7.46. The van der Waals surface area contributed by atoms with Gasteiger partial charge in [-0.3, -0.25) is 48.2 Å². The molecule has 8 unspecified atom stereocenters. The normalized spacial score (nSPS) is 30.5. The molecule has 0 aromatic rings. The van der Waals surface area contributed by atoms with E-state index in [2.05, 4.69) is 135 Å². The van der Waals surface area contributed by atoms with Crippen LogP contribution in [0.15, 0.2) is 0 Å². The Kier molecular flexibility index (Phi) is 31.8. The van der Waals surface area contributed by atoms with Gasteiger partial charge >= 0.3 is 47.8 Å². The molecule has 0 amide bonds. The molecule has 8 aliphatic rings. The molecular formula is C94H168N8O22. The van der Waals surface area contributed by atoms with Crippen molar-refractivity contribution in [2.75, 3.05) is 81.2 Å². The Morgan fingerprint density at radius 2 is 0.371 bits per heavy atom. The molecule has 30 heteroatoms. The van der Waals surface area contributed by atoms with Crippen molar-refractivity contribution in [3.8, 4) is 0 Å². The first-order valence-electron chi connectivity index (χ1n) is 45.4. The predicted molar refractivity (Wildman–Crippen MR) is 467 cm³/mol. The topological polar surface area (TPSA) is 336 Å². The minimum Gasteiger partial charge on any atom is -0.465 e. The molecule has 0 aromatic carbocycles. The van der Waals surface area contributed by atoms with E-state index >= 15 is 0 Å². The fourth-order valence-corrected chi connectivity index (χ4v) is 23.6. The number of hydroxylamine groups is 12. The fraction of sp³-hybridized carbons (Fsp3) is 0.915. The van der Waals surface area contributed by atoms with Crippen LogP contribution in [-0.2, 0) is 85.9 Å². The maximum absolute atomic E-state index is 14.2. The SMILES string of the molecule is CC1(C)CC(COC(=O)CC(CC(=O)OCC2CC(C)(C)N(O)C2(C)C)(CC(=O)OCC2CC(C)(C)N(O)C2(C)C)CC(=O)OCC2CC(C)(C)N(O)C2(C)C)C(C)(C)N1O.CON1C(C)(C)CC(COC(=O)CC(CC(=O)OCC2CC(C)(C)N(C)C2(C)C)(CC(=O)OCC2CC(C)(C)N(C)C2(C)C)CC(=O)OCC2CC(C)(C)N(OC)C2(C)C)C1(C)C. The van der Waals surface area contributed by atoms with Crippen molar-refractivity contribution < 1.29 is 107 Å². The van der Waals surface area contributed by atoms with E-state index in [0.717, 1.165) is 12.8 Å². The molecule has 124 heavy (non-hydrogen) atoms. The van der Waals surface area contributed by atoms with Gasteiger partial charge in [0.15, 0.2) is 0 Å². The predicted octanol–water partition coefficient (Wildman–Crippen LogP) is 14.4. The van der Waals surface area contributed by atoms with Crippen LogP contribution in [0.5, 0.6) is 0 Å². The van der Waals surface area contributed by atoms with Crippen LogP contribution in [0.4, 0.5) is 0 Å². The molecule has 0 aliphatic carbocycles. The summed E-state index contributed by atoms with van der Waals surface area (Å²) in [5.74, 6) is -6.58. The second-order valence-electron chi connectivity index (χ2n) is 48.1. The molecule has 8 heterocycles. The van der Waals surface area contributed by atoms with E-state index < -0.39 is 152 Å². The lowest BCUT2D eigenvalue weighted by molar-refractivity contribution is -0.225. The number of carbonyl (C=O) groups is 8. The van der Waals surface area contributed by atoms with Crippen molar-refractivity contribution in [2.24, 2.45) is 58.2 Å². The van der Waals surface area contributed by atoms with Crippen molar-refractivity contribution in [3.63, 3.8) is 0 Å². The van der Waals surface area contributed by atoms with E-state index in [-0.39, 0.29) is 146 Å². The highest BCUT2D eigenvalue weighted by Gasteiger charge is 2.60. The summed E-state index contributed by atoms with van der Waals surface area (Å²) in [4.78, 5) is 129. The summed E-state index contributed by atoms with van der Waals surface area (Å²) in [5, 5.41) is 52.6. The molecule has 30 nitrogen and oxygen atoms in total. The van der Waals surface area contributed by atoms with Crippen molar-refractivity contribution in [1.82, 2.24) is 40.2 Å². The van der Waals surface area contributed by atoms with Crippen molar-refractivity contribution in [3.05, 3.63) is 0 Å². The third-order valence-electron chi connectivity index (χ3n) is 32.2. The van der Waals surface area contributed by atoms with Gasteiger partial charge in [0, 0.05) is 147 Å². The van der Waals surface area contributed by atoms with Gasteiger partial charge in [0.1, 0.15) is 0 Å². The molecule has 8 atom stereocenters. The molecule has 8 rings (SSSR count). The van der Waals surface area contributed by atoms with Gasteiger partial charge in [0.25, 0.3) is 0 Å². The van der Waals surface area contributed by atoms with E-state index in [1.54, 1.807) is 14.2 Å². The molecule has 4 N–H and O–H groups in total. The summed E-state index contributed by atoms with van der Waals surface area (Å²) >= 11 is 0. The molecule has 0 aromatic heterocycles. The Bertz CT molecular complexity index is 3420. The van der Waals surface area contributed by atoms with Gasteiger partial charge in [-0.05, 0) is 287 Å². The number of nitrogens with zero attached hydrogens (tertiary/aromatic N) is 8. The molecular weight excluding hydrogens is 1590 g/mol. The summed E-state index contributed by atoms with van der Waals surface area (Å²) < 4.78 is 47.8. The van der Waals surface area contributed by atoms with Crippen molar-refractivity contribution in [1.29, 1.82) is 0 Å². The molecule has 716 valence electrons. The van der Waals surface area contributed by atoms with E-state index in [1.165, 1.54) is 20.3 Å². The highest BCUT2D eigenvalue weighted by atomic mass is 16.7. The highest BCUT2D eigenvalue weighted by Crippen LogP contribution is 2.53. The Labute approximate surface area is 743 Å². The zero-order valence-corrected chi connectivity index (χ0v) is 83.3. The third kappa shape index (κ3) is 22.8. The smallest absolute Gasteiger partial charge is 0.306 e. The number of esters is 8. The Morgan fingerprint density at radius 3 is 0.492 bits per heavy atom. The molecule has 8 aliphatic heterocycles. The number of carbonyl (C=O) groups excluding carboxylic acids is 8. The van der Waals surface area contributed by atoms with Gasteiger partial charge in [-0.1, -0.05) is 0 Å². The maximum Gasteiger partial charge on any atom is 0.306 e. The van der Waals surface area contributed by atoms with Gasteiger partial charge in [-0.25, -0.2) is 0 Å². The quantitative estimate of drug-likeness (QED) is 0.0343. The number of ether oxygens (including phenoxy) is 8. The van der Waals surface area contributed by atoms with Gasteiger partial charge in [-0.2, -0.15) is 30.4 Å². The largest absolute Gasteiger partial charge is 0.465 e. The standard InChI is InChI=1S/C49H88N4O10.C45H80N4O12/c1-41(2)21-33(45(9,10)50(41)17)29-60-37(54)25-49(26-38(55)61-30-34-22-42(3,4)51(18)46(34,11)12,27-39(56)62-31-35-23-43(5,6)52(58-19)47(35,13)14)28-40(57)63-32-36-24-44(7,8)53(59-20)48(36,15)16;1-37(2)17-29(41(9,10)46(37)54)25-58-33(50)21-45(22-34(51)59-26-30-18-38(3,4)47(55)42(30,11)12,23-35(52)60-27-31-19-39(5,6)48(56)43(31,13)14)24-36(53)61-28-32-20-40(7,8)49(57)44(32,15)16/h33-36H,21-32H2,1-20H3;29-32,54-57H,17-28H2,1-16H3. The molecule has 8 fully saturated rings. The first-order valence-corrected chi connectivity index (χ1v) is 45.4. The molecule has 8 saturated heterocycles. The van der Waals surface area contributed by atoms with Crippen LogP contribution < -0.4 is 0 Å². The highest BCUT2D eigenvalue weighted by molar-refractivity contribution is 5.83. The number of rotatable bonds is 34. The lowest BCUT2D eigenvalue weighted by Crippen LogP contribution is -2.49. The van der Waals surface area contributed by atoms with Crippen LogP contribution in [0.25, 0.3) is 0 Å². The van der Waals surface area contributed by atoms with Crippen molar-refractivity contribution in [2.45, 2.75) is 413 Å². The third-order valence-corrected chi connectivity index (χ3v) is 32.2. The zero-order chi connectivity index (χ0) is 94.9. The van der Waals surface area contributed by atoms with Crippen LogP contribution in [0.3, 0.4) is 0 Å². The van der Waals surface area contributed by atoms with E-state index in [9.17, 15) is 59.2 Å². The molecule has 0 radical (unpaired) electrons. The fourth-order valence-electron chi connectivity index (χ4n) is 23.6. The molecule has 0 spiro atoms. The van der Waals surface area contributed by atoms with E-state index in [0.29, 0.717) is 38.5 Å². The first kappa shape index (κ1) is 106. The number of hydrogen-bond donors (Lipinski definition) is 4. The van der Waals surface area contributed by atoms with Crippen LogP contribution in [-0.4, -0.2) is 279 Å². The molecule has 0 saturated carbocycles. The Balaban J connectivity index is 0.000000341. The summed E-state index contributed by atoms with van der Waals surface area (Å²) in [6, 6.07) is 0. The van der Waals surface area contributed by atoms with E-state index in [1.807, 2.05) is 121 Å². The Morgan fingerprint density at radius 1 is 0.234 bits per heavy atom. The lowest BCUT2D eigenvalue weighted by Gasteiger charge is -2.39. The maximum atomic E-state index is 14.2. The van der Waals surface area contributed by atoms with E-state index in [4.69, 9.17) is 47.6 Å². The van der Waals surface area contributed by atoms with Gasteiger partial charge < -0.3 is 68.4 Å². The number of likely N-dealkylation sites (tertiary alicyclic amines) is 2. The molecule has 0 bridgehead atoms. The Hall–Kier alpha value is -4.80. The summed E-state index contributed by atoms with van der Waals surface area (Å²) in [6.45, 7) is 64.2. The van der Waals surface area contributed by atoms with Crippen LogP contribution >= 0.6 is 0 Å². The van der Waals surface area contributed by atoms with Crippen LogP contribution in [0.1, 0.15) is 324 Å². The monoisotopic (exact) mass is 1760 g/mol. The summed E-state index contributed by atoms with van der Waals surface area (Å²) in [5.41, 5.74) is -10.8. The second-order valence-corrected chi connectivity index (χ2v) is 48.1. The zero-order valence-electron chi connectivity index (χ0n) is 83.3.